The molecule has 21 heavy (non-hydrogen) atoms. The number of nitrogens with one attached hydrogen (secondary N) is 1. The van der Waals surface area contributed by atoms with Crippen molar-refractivity contribution in [3.63, 3.8) is 0 Å². The molecule has 3 rings (SSSR count). The molecule has 2 heteroatoms. The summed E-state index contributed by atoms with van der Waals surface area (Å²) >= 11 is 0. The van der Waals surface area contributed by atoms with Crippen molar-refractivity contribution in [1.82, 2.24) is 10.2 Å². The van der Waals surface area contributed by atoms with Crippen molar-refractivity contribution in [1.29, 1.82) is 0 Å². The van der Waals surface area contributed by atoms with Gasteiger partial charge in [0.25, 0.3) is 0 Å². The molecule has 0 aromatic carbocycles. The van der Waals surface area contributed by atoms with Gasteiger partial charge < -0.3 is 5.32 Å². The molecule has 0 spiro atoms. The first-order valence-electron chi connectivity index (χ1n) is 9.70. The smallest absolute Gasteiger partial charge is 0.0249 e. The molecule has 2 saturated heterocycles. The summed E-state index contributed by atoms with van der Waals surface area (Å²) in [5.74, 6) is 2.87. The predicted octanol–water partition coefficient (Wildman–Crippen LogP) is 4.06. The third-order valence-electron chi connectivity index (χ3n) is 6.25. The fourth-order valence-electron chi connectivity index (χ4n) is 5.50. The van der Waals surface area contributed by atoms with Crippen LogP contribution in [0.15, 0.2) is 0 Å². The Balaban J connectivity index is 1.58. The van der Waals surface area contributed by atoms with Crippen LogP contribution < -0.4 is 5.32 Å². The zero-order valence-corrected chi connectivity index (χ0v) is 14.3. The summed E-state index contributed by atoms with van der Waals surface area (Å²) < 4.78 is 0. The van der Waals surface area contributed by atoms with E-state index in [-0.39, 0.29) is 0 Å². The molecule has 1 saturated carbocycles. The van der Waals surface area contributed by atoms with E-state index in [0.717, 1.165) is 29.8 Å². The van der Waals surface area contributed by atoms with Crippen LogP contribution in [0.4, 0.5) is 0 Å². The number of hydrogen-bond donors (Lipinski definition) is 1. The van der Waals surface area contributed by atoms with Crippen molar-refractivity contribution in [2.75, 3.05) is 19.6 Å². The average molecular weight is 293 g/mol. The summed E-state index contributed by atoms with van der Waals surface area (Å²) in [5.41, 5.74) is 0. The molecule has 1 aliphatic carbocycles. The molecule has 0 amide bonds. The van der Waals surface area contributed by atoms with Crippen molar-refractivity contribution in [2.24, 2.45) is 17.8 Å². The van der Waals surface area contributed by atoms with Crippen LogP contribution in [0.25, 0.3) is 0 Å². The fraction of sp³-hybridized carbons (Fsp3) is 1.00. The zero-order chi connectivity index (χ0) is 14.7. The van der Waals surface area contributed by atoms with Crippen LogP contribution in [0.3, 0.4) is 0 Å². The maximum atomic E-state index is 3.83. The Hall–Kier alpha value is -0.0800. The number of hydrogen-bond acceptors (Lipinski definition) is 2. The monoisotopic (exact) mass is 292 g/mol. The van der Waals surface area contributed by atoms with Gasteiger partial charge in [-0.1, -0.05) is 26.7 Å². The molecular weight excluding hydrogens is 256 g/mol. The molecule has 0 aromatic heterocycles. The SMILES string of the molecule is CC1CC(C)CC(CN2CCCCC2C2CCCCN2)C1. The van der Waals surface area contributed by atoms with Crippen molar-refractivity contribution < 1.29 is 0 Å². The van der Waals surface area contributed by atoms with Crippen LogP contribution >= 0.6 is 0 Å². The number of rotatable bonds is 3. The van der Waals surface area contributed by atoms with E-state index in [1.54, 1.807) is 0 Å². The lowest BCUT2D eigenvalue weighted by molar-refractivity contribution is 0.0668. The van der Waals surface area contributed by atoms with Gasteiger partial charge in [0.1, 0.15) is 0 Å². The van der Waals surface area contributed by atoms with E-state index in [0.29, 0.717) is 0 Å². The fourth-order valence-corrected chi connectivity index (χ4v) is 5.50. The molecule has 2 heterocycles. The highest BCUT2D eigenvalue weighted by atomic mass is 15.2. The normalized spacial score (nSPS) is 42.9. The highest BCUT2D eigenvalue weighted by Gasteiger charge is 2.33. The average Bonchev–Trinajstić information content (AvgIpc) is 2.48. The molecule has 3 aliphatic rings. The standard InChI is InChI=1S/C19H36N2/c1-15-11-16(2)13-17(12-15)14-21-10-6-4-8-19(21)18-7-3-5-9-20-18/h15-20H,3-14H2,1-2H3. The number of likely N-dealkylation sites (tertiary alicyclic amines) is 1. The molecule has 4 unspecified atom stereocenters. The van der Waals surface area contributed by atoms with Gasteiger partial charge in [0, 0.05) is 18.6 Å². The highest BCUT2D eigenvalue weighted by molar-refractivity contribution is 4.91. The van der Waals surface area contributed by atoms with Crippen LogP contribution in [-0.4, -0.2) is 36.6 Å². The molecule has 3 fully saturated rings. The lowest BCUT2D eigenvalue weighted by Gasteiger charge is -2.45. The van der Waals surface area contributed by atoms with Crippen LogP contribution in [0.2, 0.25) is 0 Å². The van der Waals surface area contributed by atoms with E-state index >= 15 is 0 Å². The third kappa shape index (κ3) is 4.22. The summed E-state index contributed by atoms with van der Waals surface area (Å²) in [6.07, 6.45) is 13.0. The van der Waals surface area contributed by atoms with Crippen molar-refractivity contribution in [2.45, 2.75) is 83.7 Å². The largest absolute Gasteiger partial charge is 0.312 e. The van der Waals surface area contributed by atoms with Crippen molar-refractivity contribution in [3.05, 3.63) is 0 Å². The second kappa shape index (κ2) is 7.46. The molecular formula is C19H36N2. The quantitative estimate of drug-likeness (QED) is 0.844. The summed E-state index contributed by atoms with van der Waals surface area (Å²) in [6, 6.07) is 1.63. The van der Waals surface area contributed by atoms with Gasteiger partial charge in [-0.15, -0.1) is 0 Å². The number of piperidine rings is 2. The summed E-state index contributed by atoms with van der Waals surface area (Å²) in [6.45, 7) is 8.95. The van der Waals surface area contributed by atoms with Gasteiger partial charge in [-0.05, 0) is 75.8 Å². The first-order chi connectivity index (χ1) is 10.2. The topological polar surface area (TPSA) is 15.3 Å². The molecule has 4 atom stereocenters. The van der Waals surface area contributed by atoms with Gasteiger partial charge in [-0.2, -0.15) is 0 Å². The van der Waals surface area contributed by atoms with E-state index in [1.807, 2.05) is 0 Å². The molecule has 0 radical (unpaired) electrons. The van der Waals surface area contributed by atoms with Crippen LogP contribution in [-0.2, 0) is 0 Å². The third-order valence-corrected chi connectivity index (χ3v) is 6.25. The molecule has 0 aromatic rings. The van der Waals surface area contributed by atoms with Crippen molar-refractivity contribution in [3.8, 4) is 0 Å². The maximum Gasteiger partial charge on any atom is 0.0249 e. The van der Waals surface area contributed by atoms with Gasteiger partial charge in [-0.25, -0.2) is 0 Å². The second-order valence-electron chi connectivity index (χ2n) is 8.40. The van der Waals surface area contributed by atoms with Gasteiger partial charge in [0.05, 0.1) is 0 Å². The Kier molecular flexibility index (Phi) is 5.61. The van der Waals surface area contributed by atoms with E-state index in [9.17, 15) is 0 Å². The molecule has 2 nitrogen and oxygen atoms in total. The Morgan fingerprint density at radius 2 is 1.67 bits per heavy atom. The van der Waals surface area contributed by atoms with Crippen molar-refractivity contribution >= 4 is 0 Å². The molecule has 122 valence electrons. The number of nitrogens with zero attached hydrogens (tertiary/aromatic N) is 1. The van der Waals surface area contributed by atoms with Gasteiger partial charge in [0.2, 0.25) is 0 Å². The van der Waals surface area contributed by atoms with E-state index in [1.165, 1.54) is 77.4 Å². The highest BCUT2D eigenvalue weighted by Crippen LogP contribution is 2.35. The Labute approximate surface area is 132 Å². The molecule has 1 N–H and O–H groups in total. The Morgan fingerprint density at radius 1 is 0.905 bits per heavy atom. The van der Waals surface area contributed by atoms with Gasteiger partial charge >= 0.3 is 0 Å². The van der Waals surface area contributed by atoms with Crippen LogP contribution in [0.5, 0.6) is 0 Å². The Bertz CT molecular complexity index is 301. The van der Waals surface area contributed by atoms with E-state index in [4.69, 9.17) is 0 Å². The maximum absolute atomic E-state index is 3.83. The summed E-state index contributed by atoms with van der Waals surface area (Å²) in [4.78, 5) is 2.89. The second-order valence-corrected chi connectivity index (χ2v) is 8.40. The van der Waals surface area contributed by atoms with E-state index in [2.05, 4.69) is 24.1 Å². The minimum atomic E-state index is 0.789. The Morgan fingerprint density at radius 3 is 2.38 bits per heavy atom. The van der Waals surface area contributed by atoms with Gasteiger partial charge in [-0.3, -0.25) is 4.90 Å². The first kappa shape index (κ1) is 15.8. The molecule has 2 aliphatic heterocycles. The lowest BCUT2D eigenvalue weighted by atomic mass is 9.76. The van der Waals surface area contributed by atoms with Crippen LogP contribution in [0.1, 0.15) is 71.6 Å². The molecule has 0 bridgehead atoms. The minimum absolute atomic E-state index is 0.789. The summed E-state index contributed by atoms with van der Waals surface area (Å²) in [5, 5.41) is 3.83. The first-order valence-corrected chi connectivity index (χ1v) is 9.70. The minimum Gasteiger partial charge on any atom is -0.312 e. The zero-order valence-electron chi connectivity index (χ0n) is 14.3. The lowest BCUT2D eigenvalue weighted by Crippen LogP contribution is -2.55. The van der Waals surface area contributed by atoms with Crippen LogP contribution in [0, 0.1) is 17.8 Å². The van der Waals surface area contributed by atoms with E-state index < -0.39 is 0 Å². The predicted molar refractivity (Wildman–Crippen MR) is 90.5 cm³/mol. The summed E-state index contributed by atoms with van der Waals surface area (Å²) in [7, 11) is 0. The van der Waals surface area contributed by atoms with Gasteiger partial charge in [0.15, 0.2) is 0 Å².